The van der Waals surface area contributed by atoms with Crippen LogP contribution < -0.4 is 5.73 Å². The molecule has 78 valence electrons. The molecule has 0 spiro atoms. The fourth-order valence-corrected chi connectivity index (χ4v) is 1.50. The molecule has 1 rings (SSSR count). The Morgan fingerprint density at radius 3 is 2.43 bits per heavy atom. The third-order valence-electron chi connectivity index (χ3n) is 1.95. The van der Waals surface area contributed by atoms with E-state index in [0.29, 0.717) is 6.54 Å². The van der Waals surface area contributed by atoms with Crippen LogP contribution in [0.2, 0.25) is 0 Å². The zero-order valence-corrected chi connectivity index (χ0v) is 8.60. The monoisotopic (exact) mass is 215 g/mol. The molecule has 0 bridgehead atoms. The summed E-state index contributed by atoms with van der Waals surface area (Å²) in [4.78, 5) is 17.2. The van der Waals surface area contributed by atoms with Crippen molar-refractivity contribution in [1.29, 1.82) is 0 Å². The zero-order chi connectivity index (χ0) is 10.4. The summed E-state index contributed by atoms with van der Waals surface area (Å²) in [6, 6.07) is 9.64. The molecule has 0 heterocycles. The summed E-state index contributed by atoms with van der Waals surface area (Å²) in [5.41, 5.74) is 6.60. The SMILES string of the molecule is NCC(COP(O)O)c1ccccc1. The van der Waals surface area contributed by atoms with Gasteiger partial charge in [0.15, 0.2) is 0 Å². The van der Waals surface area contributed by atoms with Crippen LogP contribution in [0.1, 0.15) is 11.5 Å². The summed E-state index contributed by atoms with van der Waals surface area (Å²) in [5.74, 6) is 0.0144. The van der Waals surface area contributed by atoms with Crippen LogP contribution in [0.3, 0.4) is 0 Å². The summed E-state index contributed by atoms with van der Waals surface area (Å²) in [7, 11) is -2.28. The summed E-state index contributed by atoms with van der Waals surface area (Å²) in [5, 5.41) is 0. The van der Waals surface area contributed by atoms with Gasteiger partial charge >= 0.3 is 8.60 Å². The molecule has 0 aromatic heterocycles. The minimum Gasteiger partial charge on any atom is -0.330 e. The third-order valence-corrected chi connectivity index (χ3v) is 2.33. The van der Waals surface area contributed by atoms with Crippen molar-refractivity contribution in [2.75, 3.05) is 13.2 Å². The molecular weight excluding hydrogens is 201 g/mol. The lowest BCUT2D eigenvalue weighted by Gasteiger charge is -2.15. The number of nitrogens with two attached hydrogens (primary N) is 1. The minimum absolute atomic E-state index is 0.0144. The highest BCUT2D eigenvalue weighted by Crippen LogP contribution is 2.27. The standard InChI is InChI=1S/C9H14NO3P/c10-6-9(7-13-14(11)12)8-4-2-1-3-5-8/h1-5,9,11-12H,6-7,10H2. The molecule has 1 unspecified atom stereocenters. The smallest absolute Gasteiger partial charge is 0.327 e. The quantitative estimate of drug-likeness (QED) is 0.639. The maximum Gasteiger partial charge on any atom is 0.327 e. The van der Waals surface area contributed by atoms with Crippen molar-refractivity contribution in [3.05, 3.63) is 35.9 Å². The fraction of sp³-hybridized carbons (Fsp3) is 0.333. The van der Waals surface area contributed by atoms with E-state index in [1.54, 1.807) is 0 Å². The van der Waals surface area contributed by atoms with Crippen LogP contribution in [-0.2, 0) is 4.52 Å². The number of benzene rings is 1. The fourth-order valence-electron chi connectivity index (χ4n) is 1.18. The van der Waals surface area contributed by atoms with Gasteiger partial charge in [0.25, 0.3) is 0 Å². The van der Waals surface area contributed by atoms with Crippen molar-refractivity contribution < 1.29 is 14.3 Å². The van der Waals surface area contributed by atoms with Crippen LogP contribution in [0.4, 0.5) is 0 Å². The number of hydrogen-bond acceptors (Lipinski definition) is 4. The average molecular weight is 215 g/mol. The Morgan fingerprint density at radius 1 is 1.29 bits per heavy atom. The van der Waals surface area contributed by atoms with Gasteiger partial charge in [-0.3, -0.25) is 0 Å². The Morgan fingerprint density at radius 2 is 1.93 bits per heavy atom. The Labute approximate surface area is 84.3 Å². The second-order valence-corrected chi connectivity index (χ2v) is 3.66. The molecule has 1 aromatic carbocycles. The third kappa shape index (κ3) is 3.70. The molecule has 0 amide bonds. The summed E-state index contributed by atoms with van der Waals surface area (Å²) in [6.07, 6.45) is 0. The summed E-state index contributed by atoms with van der Waals surface area (Å²) < 4.78 is 4.75. The van der Waals surface area contributed by atoms with Crippen molar-refractivity contribution in [3.8, 4) is 0 Å². The van der Waals surface area contributed by atoms with Crippen molar-refractivity contribution in [2.45, 2.75) is 5.92 Å². The van der Waals surface area contributed by atoms with E-state index >= 15 is 0 Å². The van der Waals surface area contributed by atoms with Gasteiger partial charge in [0, 0.05) is 12.5 Å². The highest BCUT2D eigenvalue weighted by molar-refractivity contribution is 7.39. The Kier molecular flexibility index (Phi) is 5.01. The van der Waals surface area contributed by atoms with E-state index in [4.69, 9.17) is 20.0 Å². The maximum atomic E-state index is 8.60. The van der Waals surface area contributed by atoms with E-state index in [0.717, 1.165) is 5.56 Å². The van der Waals surface area contributed by atoms with Crippen LogP contribution in [0.5, 0.6) is 0 Å². The second kappa shape index (κ2) is 6.06. The first-order valence-electron chi connectivity index (χ1n) is 4.30. The highest BCUT2D eigenvalue weighted by atomic mass is 31.2. The van der Waals surface area contributed by atoms with Crippen LogP contribution >= 0.6 is 8.60 Å². The molecule has 0 radical (unpaired) electrons. The molecule has 14 heavy (non-hydrogen) atoms. The normalized spacial score (nSPS) is 13.1. The molecule has 0 aliphatic rings. The Bertz CT molecular complexity index is 255. The summed E-state index contributed by atoms with van der Waals surface area (Å²) >= 11 is 0. The molecule has 1 aromatic rings. The van der Waals surface area contributed by atoms with Crippen LogP contribution in [0, 0.1) is 0 Å². The maximum absolute atomic E-state index is 8.60. The van der Waals surface area contributed by atoms with Gasteiger partial charge in [-0.15, -0.1) is 0 Å². The molecule has 4 N–H and O–H groups in total. The minimum atomic E-state index is -2.28. The van der Waals surface area contributed by atoms with Crippen LogP contribution in [0.25, 0.3) is 0 Å². The average Bonchev–Trinajstić information content (AvgIpc) is 2.20. The van der Waals surface area contributed by atoms with Crippen molar-refractivity contribution >= 4 is 8.60 Å². The van der Waals surface area contributed by atoms with Gasteiger partial charge in [0.05, 0.1) is 6.61 Å². The van der Waals surface area contributed by atoms with E-state index in [2.05, 4.69) is 0 Å². The Hall–Kier alpha value is -0.510. The lowest BCUT2D eigenvalue weighted by molar-refractivity contribution is 0.239. The highest BCUT2D eigenvalue weighted by Gasteiger charge is 2.11. The van der Waals surface area contributed by atoms with Crippen molar-refractivity contribution in [3.63, 3.8) is 0 Å². The van der Waals surface area contributed by atoms with Crippen molar-refractivity contribution in [2.24, 2.45) is 5.73 Å². The van der Waals surface area contributed by atoms with Crippen molar-refractivity contribution in [1.82, 2.24) is 0 Å². The first-order chi connectivity index (χ1) is 6.74. The van der Waals surface area contributed by atoms with E-state index in [-0.39, 0.29) is 12.5 Å². The lowest BCUT2D eigenvalue weighted by Crippen LogP contribution is -2.17. The molecule has 0 fully saturated rings. The van der Waals surface area contributed by atoms with Gasteiger partial charge in [-0.05, 0) is 5.56 Å². The van der Waals surface area contributed by atoms with Gasteiger partial charge in [-0.25, -0.2) is 0 Å². The zero-order valence-electron chi connectivity index (χ0n) is 7.71. The number of hydrogen-bond donors (Lipinski definition) is 3. The van der Waals surface area contributed by atoms with Gasteiger partial charge < -0.3 is 20.0 Å². The van der Waals surface area contributed by atoms with Crippen LogP contribution in [-0.4, -0.2) is 22.9 Å². The molecule has 0 aliphatic carbocycles. The first-order valence-corrected chi connectivity index (χ1v) is 5.46. The predicted octanol–water partition coefficient (Wildman–Crippen LogP) is 0.957. The molecule has 0 saturated carbocycles. The van der Waals surface area contributed by atoms with Gasteiger partial charge in [0.1, 0.15) is 0 Å². The number of rotatable bonds is 5. The van der Waals surface area contributed by atoms with E-state index < -0.39 is 8.60 Å². The molecule has 1 atom stereocenters. The molecule has 0 saturated heterocycles. The molecule has 5 heteroatoms. The second-order valence-electron chi connectivity index (χ2n) is 2.89. The van der Waals surface area contributed by atoms with Gasteiger partial charge in [-0.2, -0.15) is 0 Å². The topological polar surface area (TPSA) is 75.7 Å². The molecular formula is C9H14NO3P. The summed E-state index contributed by atoms with van der Waals surface area (Å²) in [6.45, 7) is 0.659. The van der Waals surface area contributed by atoms with Gasteiger partial charge in [0.2, 0.25) is 0 Å². The first kappa shape index (κ1) is 11.6. The van der Waals surface area contributed by atoms with E-state index in [1.807, 2.05) is 30.3 Å². The molecule has 0 aliphatic heterocycles. The Balaban J connectivity index is 2.54. The van der Waals surface area contributed by atoms with Crippen LogP contribution in [0.15, 0.2) is 30.3 Å². The predicted molar refractivity (Wildman–Crippen MR) is 55.5 cm³/mol. The van der Waals surface area contributed by atoms with E-state index in [1.165, 1.54) is 0 Å². The lowest BCUT2D eigenvalue weighted by atomic mass is 10.0. The largest absolute Gasteiger partial charge is 0.330 e. The van der Waals surface area contributed by atoms with Gasteiger partial charge in [-0.1, -0.05) is 30.3 Å². The van der Waals surface area contributed by atoms with E-state index in [9.17, 15) is 0 Å². The molecule has 4 nitrogen and oxygen atoms in total.